The number of rotatable bonds is 3. The van der Waals surface area contributed by atoms with Crippen LogP contribution < -0.4 is 103 Å². The largest absolute Gasteiger partial charge is 1.00 e. The zero-order chi connectivity index (χ0) is 8.41. The molecule has 0 aromatic carbocycles. The average Bonchev–Trinajstić information content (AvgIpc) is 1.57. The van der Waals surface area contributed by atoms with Crippen LogP contribution in [0.2, 0.25) is 0 Å². The number of phosphoric acid groups is 2. The Kier molecular flexibility index (Phi) is 15.0. The molecule has 12 heteroatoms. The maximum Gasteiger partial charge on any atom is 1.00 e. The van der Waals surface area contributed by atoms with Crippen LogP contribution in [0, 0.1) is 0 Å². The van der Waals surface area contributed by atoms with Crippen LogP contribution in [0.4, 0.5) is 0 Å². The second kappa shape index (κ2) is 8.62. The van der Waals surface area contributed by atoms with Crippen molar-refractivity contribution >= 4 is 15.6 Å². The summed E-state index contributed by atoms with van der Waals surface area (Å²) in [6.45, 7) is 0. The summed E-state index contributed by atoms with van der Waals surface area (Å²) in [6, 6.07) is 0. The molecule has 0 aliphatic heterocycles. The van der Waals surface area contributed by atoms with E-state index in [0.29, 0.717) is 0 Å². The fraction of sp³-hybridized carbons (Fsp3) is 0. The summed E-state index contributed by atoms with van der Waals surface area (Å²) in [4.78, 5) is 31.2. The van der Waals surface area contributed by atoms with Crippen molar-refractivity contribution in [3.63, 3.8) is 0 Å². The van der Waals surface area contributed by atoms with E-state index in [4.69, 9.17) is 19.6 Å². The summed E-state index contributed by atoms with van der Waals surface area (Å²) in [5.41, 5.74) is 0. The maximum atomic E-state index is 9.68. The Bertz CT molecular complexity index is 174. The minimum absolute atomic E-state index is 0. The smallest absolute Gasteiger partial charge is 1.00 e. The van der Waals surface area contributed by atoms with Gasteiger partial charge < -0.3 is 22.4 Å². The average molecular weight is 274 g/mol. The van der Waals surface area contributed by atoms with Crippen molar-refractivity contribution < 1.29 is 144 Å². The topological polar surface area (TPSA) is 134 Å². The normalized spacial score (nSPS) is 11.3. The van der Waals surface area contributed by atoms with Gasteiger partial charge in [0, 0.05) is 0 Å². The molecule has 0 heterocycles. The van der Waals surface area contributed by atoms with Gasteiger partial charge in [-0.15, -0.1) is 9.35 Å². The van der Waals surface area contributed by atoms with Gasteiger partial charge >= 0.3 is 118 Å². The van der Waals surface area contributed by atoms with Crippen molar-refractivity contribution in [2.75, 3.05) is 0 Å². The van der Waals surface area contributed by atoms with E-state index in [-0.39, 0.29) is 106 Å². The quantitative estimate of drug-likeness (QED) is 0.173. The summed E-state index contributed by atoms with van der Waals surface area (Å²) in [7, 11) is -9.95. The molecule has 4 N–H and O–H groups in total. The van der Waals surface area contributed by atoms with Crippen LogP contribution in [0.15, 0.2) is 0 Å². The fourth-order valence-corrected chi connectivity index (χ4v) is 0.782. The first-order valence-corrected chi connectivity index (χ1v) is 4.76. The van der Waals surface area contributed by atoms with Crippen LogP contribution in [0.1, 0.15) is 2.85 Å². The van der Waals surface area contributed by atoms with Crippen LogP contribution in [-0.2, 0) is 18.5 Å². The van der Waals surface area contributed by atoms with E-state index in [2.05, 4.69) is 9.35 Å². The molecule has 0 aliphatic rings. The van der Waals surface area contributed by atoms with Crippen molar-refractivity contribution in [1.82, 2.24) is 0 Å². The predicted octanol–water partition coefficient (Wildman–Crippen LogP) is -6.65. The van der Waals surface area contributed by atoms with Gasteiger partial charge in [0.15, 0.2) is 0 Å². The van der Waals surface area contributed by atoms with E-state index in [9.17, 15) is 9.13 Å². The summed E-state index contributed by atoms with van der Waals surface area (Å²) in [6.07, 6.45) is 0. The summed E-state index contributed by atoms with van der Waals surface area (Å²) < 4.78 is 25.4. The molecule has 0 aromatic heterocycles. The molecule has 0 amide bonds. The van der Waals surface area contributed by atoms with Crippen LogP contribution in [-0.4, -0.2) is 19.6 Å². The van der Waals surface area contributed by atoms with Crippen LogP contribution in [0.3, 0.4) is 0 Å². The third-order valence-corrected chi connectivity index (χ3v) is 0.883. The molecule has 0 unspecified atom stereocenters. The molecule has 0 aliphatic carbocycles. The molecule has 0 saturated heterocycles. The Morgan fingerprint density at radius 1 is 0.833 bits per heavy atom. The first kappa shape index (κ1) is 20.9. The molecule has 0 radical (unpaired) electrons. The summed E-state index contributed by atoms with van der Waals surface area (Å²) in [5.74, 6) is 0. The predicted molar refractivity (Wildman–Crippen MR) is 28.5 cm³/mol. The Morgan fingerprint density at radius 3 is 1.08 bits per heavy atom. The van der Waals surface area contributed by atoms with Gasteiger partial charge in [0.1, 0.15) is 0 Å². The van der Waals surface area contributed by atoms with Crippen molar-refractivity contribution in [3.05, 3.63) is 0 Å². The number of hydrogen-bond donors (Lipinski definition) is 4. The molecular weight excluding hydrogens is 268 g/mol. The minimum Gasteiger partial charge on any atom is -1.00 e. The van der Waals surface area contributed by atoms with Gasteiger partial charge in [0.25, 0.3) is 0 Å². The molecule has 12 heavy (non-hydrogen) atoms. The van der Waals surface area contributed by atoms with Gasteiger partial charge in [-0.25, -0.2) is 9.13 Å². The van der Waals surface area contributed by atoms with Crippen molar-refractivity contribution in [1.29, 1.82) is 0 Å². The van der Waals surface area contributed by atoms with E-state index in [1.807, 2.05) is 0 Å². The van der Waals surface area contributed by atoms with Gasteiger partial charge in [0.2, 0.25) is 0 Å². The second-order valence-corrected chi connectivity index (χ2v) is 3.39. The van der Waals surface area contributed by atoms with Crippen LogP contribution in [0.25, 0.3) is 0 Å². The van der Waals surface area contributed by atoms with Gasteiger partial charge in [-0.1, -0.05) is 0 Å². The summed E-state index contributed by atoms with van der Waals surface area (Å²) in [5, 5.41) is 0. The Morgan fingerprint density at radius 2 is 1.00 bits per heavy atom. The Balaban J connectivity index is -0.0000000675. The number of hydrogen-bond acceptors (Lipinski definition) is 4. The molecule has 0 bridgehead atoms. The molecule has 0 fully saturated rings. The second-order valence-electron chi connectivity index (χ2n) is 1.13. The third kappa shape index (κ3) is 19.1. The van der Waals surface area contributed by atoms with Gasteiger partial charge in [-0.05, 0) is 0 Å². The third-order valence-electron chi connectivity index (χ3n) is 0.228. The Labute approximate surface area is 156 Å². The van der Waals surface area contributed by atoms with Gasteiger partial charge in [-0.3, -0.25) is 0 Å². The Hall–Kier alpha value is 3.49. The monoisotopic (exact) mass is 274 g/mol. The van der Waals surface area contributed by atoms with E-state index in [1.54, 1.807) is 0 Å². The van der Waals surface area contributed by atoms with Crippen molar-refractivity contribution in [2.24, 2.45) is 0 Å². The molecule has 0 rings (SSSR count). The summed E-state index contributed by atoms with van der Waals surface area (Å²) >= 11 is 0. The van der Waals surface area contributed by atoms with Gasteiger partial charge in [0.05, 0.1) is 0 Å². The maximum absolute atomic E-state index is 9.68. The van der Waals surface area contributed by atoms with Crippen molar-refractivity contribution in [2.45, 2.75) is 0 Å². The molecule has 0 saturated carbocycles. The van der Waals surface area contributed by atoms with E-state index < -0.39 is 15.6 Å². The van der Waals surface area contributed by atoms with Crippen molar-refractivity contribution in [3.8, 4) is 0 Å². The first-order valence-electron chi connectivity index (χ1n) is 1.70. The van der Waals surface area contributed by atoms with Gasteiger partial charge in [-0.2, -0.15) is 0 Å². The van der Waals surface area contributed by atoms with Crippen LogP contribution >= 0.6 is 15.6 Å². The van der Waals surface area contributed by atoms with Crippen LogP contribution in [0.5, 0.6) is 0 Å². The zero-order valence-corrected chi connectivity index (χ0v) is 14.4. The standard InChI is InChI=1S/2K.H4O8P2.2H/c;;1-9(2,3)7-8-10(4,5)6;;/h;;(H2,1,2,3)(H2,4,5,6);;/q2*+1;;2*-1. The molecule has 0 atom stereocenters. The fourth-order valence-electron chi connectivity index (χ4n) is 0.0868. The first-order chi connectivity index (χ1) is 4.21. The molecule has 0 spiro atoms. The SMILES string of the molecule is O=P(O)(O)OOP(=O)(O)O.[H-].[H-].[K+].[K+]. The molecule has 8 nitrogen and oxygen atoms in total. The van der Waals surface area contributed by atoms with E-state index in [1.165, 1.54) is 0 Å². The minimum atomic E-state index is -4.98. The zero-order valence-electron chi connectivity index (χ0n) is 8.32. The molecule has 0 aromatic rings. The molecular formula is H6K2O8P2. The van der Waals surface area contributed by atoms with E-state index >= 15 is 0 Å². The van der Waals surface area contributed by atoms with E-state index in [0.717, 1.165) is 0 Å². The molecule has 66 valence electrons.